The molecule has 0 spiro atoms. The second kappa shape index (κ2) is 14.9. The number of anilines is 2. The number of rotatable bonds is 11. The van der Waals surface area contributed by atoms with E-state index in [0.717, 1.165) is 9.37 Å². The average molecular weight is 660 g/mol. The fourth-order valence-electron chi connectivity index (χ4n) is 3.89. The maximum Gasteiger partial charge on any atom is 0.272 e. The molecule has 4 aromatic carbocycles. The van der Waals surface area contributed by atoms with Crippen molar-refractivity contribution in [1.29, 1.82) is 0 Å². The summed E-state index contributed by atoms with van der Waals surface area (Å²) in [5.41, 5.74) is 1.84. The lowest BCUT2D eigenvalue weighted by molar-refractivity contribution is -0.384. The molecule has 1 unspecified atom stereocenters. The zero-order valence-corrected chi connectivity index (χ0v) is 25.4. The Balaban J connectivity index is 1.51. The van der Waals surface area contributed by atoms with Gasteiger partial charge in [-0.25, -0.2) is 0 Å². The minimum atomic E-state index is -0.593. The van der Waals surface area contributed by atoms with E-state index in [0.29, 0.717) is 28.9 Å². The molecule has 1 atom stereocenters. The number of nitro benzene ring substituents is 1. The van der Waals surface area contributed by atoms with Gasteiger partial charge in [-0.2, -0.15) is 0 Å². The van der Waals surface area contributed by atoms with E-state index in [9.17, 15) is 24.5 Å². The monoisotopic (exact) mass is 658 g/mol. The van der Waals surface area contributed by atoms with Gasteiger partial charge in [-0.3, -0.25) is 24.5 Å². The third-order valence-electron chi connectivity index (χ3n) is 6.09. The summed E-state index contributed by atoms with van der Waals surface area (Å²) < 4.78 is 0.913. The van der Waals surface area contributed by atoms with Crippen LogP contribution in [-0.4, -0.2) is 27.9 Å². The van der Waals surface area contributed by atoms with Crippen molar-refractivity contribution in [3.8, 4) is 0 Å². The first-order valence-electron chi connectivity index (χ1n) is 13.2. The van der Waals surface area contributed by atoms with E-state index in [1.807, 2.05) is 37.3 Å². The largest absolute Gasteiger partial charge is 0.325 e. The van der Waals surface area contributed by atoms with Crippen LogP contribution in [0.25, 0.3) is 6.08 Å². The normalized spacial score (nSPS) is 11.7. The molecular formula is C32H27BrN4O5S. The highest BCUT2D eigenvalue weighted by atomic mass is 79.9. The Kier molecular flexibility index (Phi) is 10.8. The molecule has 0 aliphatic carbocycles. The number of hydrogen-bond acceptors (Lipinski definition) is 6. The predicted octanol–water partition coefficient (Wildman–Crippen LogP) is 7.28. The molecule has 9 nitrogen and oxygen atoms in total. The number of amides is 3. The van der Waals surface area contributed by atoms with Gasteiger partial charge in [0.1, 0.15) is 5.70 Å². The van der Waals surface area contributed by atoms with Gasteiger partial charge in [0.05, 0.1) is 10.2 Å². The zero-order valence-electron chi connectivity index (χ0n) is 23.0. The number of carbonyl (C=O) groups excluding carboxylic acids is 3. The van der Waals surface area contributed by atoms with Crippen molar-refractivity contribution in [2.75, 3.05) is 10.6 Å². The fraction of sp³-hybridized carbons (Fsp3) is 0.0938. The standard InChI is InChI=1S/C32H27BrN4O5S/c1-2-29(32(40)34-24-15-13-23(33)14-16-24)43-27-10-6-9-25(20-27)35-31(39)28(36-30(38)22-7-4-3-5-8-22)19-21-11-17-26(18-12-21)37(41)42/h3-20,29H,2H2,1H3,(H,34,40)(H,35,39)(H,36,38)/b28-19+. The van der Waals surface area contributed by atoms with Gasteiger partial charge in [-0.1, -0.05) is 47.1 Å². The van der Waals surface area contributed by atoms with Crippen molar-refractivity contribution >= 4 is 68.6 Å². The first-order valence-corrected chi connectivity index (χ1v) is 14.9. The molecule has 11 heteroatoms. The minimum Gasteiger partial charge on any atom is -0.325 e. The van der Waals surface area contributed by atoms with E-state index in [-0.39, 0.29) is 22.5 Å². The SMILES string of the molecule is CCC(Sc1cccc(NC(=O)/C(=C\c2ccc([N+](=O)[O-])cc2)NC(=O)c2ccccc2)c1)C(=O)Nc1ccc(Br)cc1. The Hall–Kier alpha value is -4.74. The molecule has 0 heterocycles. The van der Waals surface area contributed by atoms with Crippen LogP contribution in [0.3, 0.4) is 0 Å². The highest BCUT2D eigenvalue weighted by Crippen LogP contribution is 2.29. The Morgan fingerprint density at radius 2 is 1.58 bits per heavy atom. The molecule has 0 fully saturated rings. The molecule has 0 aromatic heterocycles. The minimum absolute atomic E-state index is 0.0546. The van der Waals surface area contributed by atoms with E-state index in [4.69, 9.17) is 0 Å². The highest BCUT2D eigenvalue weighted by Gasteiger charge is 2.19. The average Bonchev–Trinajstić information content (AvgIpc) is 3.01. The number of carbonyl (C=O) groups is 3. The molecule has 218 valence electrons. The Morgan fingerprint density at radius 1 is 0.884 bits per heavy atom. The Bertz CT molecular complexity index is 1640. The van der Waals surface area contributed by atoms with Gasteiger partial charge in [0.2, 0.25) is 5.91 Å². The van der Waals surface area contributed by atoms with Crippen LogP contribution >= 0.6 is 27.7 Å². The molecule has 0 radical (unpaired) electrons. The molecule has 0 saturated heterocycles. The van der Waals surface area contributed by atoms with Gasteiger partial charge in [0.15, 0.2) is 0 Å². The quantitative estimate of drug-likeness (QED) is 0.0672. The summed E-state index contributed by atoms with van der Waals surface area (Å²) in [4.78, 5) is 50.5. The number of nitrogens with one attached hydrogen (secondary N) is 3. The maximum absolute atomic E-state index is 13.4. The van der Waals surface area contributed by atoms with E-state index < -0.39 is 16.7 Å². The Labute approximate surface area is 261 Å². The first kappa shape index (κ1) is 31.2. The number of halogens is 1. The van der Waals surface area contributed by atoms with Gasteiger partial charge in [-0.15, -0.1) is 11.8 Å². The molecule has 4 rings (SSSR count). The molecule has 0 aliphatic heterocycles. The van der Waals surface area contributed by atoms with Gasteiger partial charge < -0.3 is 16.0 Å². The molecular weight excluding hydrogens is 632 g/mol. The molecule has 3 N–H and O–H groups in total. The van der Waals surface area contributed by atoms with Crippen molar-refractivity contribution in [2.45, 2.75) is 23.5 Å². The number of hydrogen-bond donors (Lipinski definition) is 3. The Morgan fingerprint density at radius 3 is 2.23 bits per heavy atom. The molecule has 43 heavy (non-hydrogen) atoms. The predicted molar refractivity (Wildman–Crippen MR) is 173 cm³/mol. The second-order valence-corrected chi connectivity index (χ2v) is 11.4. The molecule has 3 amide bonds. The molecule has 4 aromatic rings. The summed E-state index contributed by atoms with van der Waals surface area (Å²) in [6.07, 6.45) is 2.02. The van der Waals surface area contributed by atoms with E-state index >= 15 is 0 Å². The molecule has 0 bridgehead atoms. The van der Waals surface area contributed by atoms with Crippen LogP contribution in [0.2, 0.25) is 0 Å². The maximum atomic E-state index is 13.4. The smallest absolute Gasteiger partial charge is 0.272 e. The van der Waals surface area contributed by atoms with Crippen LogP contribution in [-0.2, 0) is 9.59 Å². The van der Waals surface area contributed by atoms with Crippen molar-refractivity contribution in [1.82, 2.24) is 5.32 Å². The van der Waals surface area contributed by atoms with Crippen LogP contribution < -0.4 is 16.0 Å². The summed E-state index contributed by atoms with van der Waals surface area (Å²) >= 11 is 4.75. The van der Waals surface area contributed by atoms with E-state index in [1.54, 1.807) is 48.5 Å². The second-order valence-electron chi connectivity index (χ2n) is 9.22. The van der Waals surface area contributed by atoms with E-state index in [1.165, 1.54) is 42.1 Å². The topological polar surface area (TPSA) is 130 Å². The lowest BCUT2D eigenvalue weighted by Crippen LogP contribution is -2.30. The van der Waals surface area contributed by atoms with Crippen LogP contribution in [0.4, 0.5) is 17.1 Å². The number of nitrogens with zero attached hydrogens (tertiary/aromatic N) is 1. The van der Waals surface area contributed by atoms with E-state index in [2.05, 4.69) is 31.9 Å². The van der Waals surface area contributed by atoms with Crippen molar-refractivity contribution in [2.24, 2.45) is 0 Å². The summed E-state index contributed by atoms with van der Waals surface area (Å²) in [5.74, 6) is -1.22. The third-order valence-corrected chi connectivity index (χ3v) is 7.98. The number of benzene rings is 4. The van der Waals surface area contributed by atoms with Crippen molar-refractivity contribution < 1.29 is 19.3 Å². The zero-order chi connectivity index (χ0) is 30.8. The number of thioether (sulfide) groups is 1. The lowest BCUT2D eigenvalue weighted by Gasteiger charge is -2.16. The van der Waals surface area contributed by atoms with Crippen LogP contribution in [0, 0.1) is 10.1 Å². The molecule has 0 aliphatic rings. The third kappa shape index (κ3) is 9.12. The van der Waals surface area contributed by atoms with Crippen LogP contribution in [0.5, 0.6) is 0 Å². The summed E-state index contributed by atoms with van der Waals surface area (Å²) in [6, 6.07) is 28.4. The van der Waals surface area contributed by atoms with Gasteiger partial charge in [0, 0.05) is 38.4 Å². The van der Waals surface area contributed by atoms with Gasteiger partial charge in [-0.05, 0) is 84.8 Å². The summed E-state index contributed by atoms with van der Waals surface area (Å²) in [6.45, 7) is 1.93. The van der Waals surface area contributed by atoms with Crippen LogP contribution in [0.1, 0.15) is 29.3 Å². The van der Waals surface area contributed by atoms with Crippen molar-refractivity contribution in [3.63, 3.8) is 0 Å². The van der Waals surface area contributed by atoms with Gasteiger partial charge >= 0.3 is 0 Å². The van der Waals surface area contributed by atoms with Crippen LogP contribution in [0.15, 0.2) is 118 Å². The summed E-state index contributed by atoms with van der Waals surface area (Å²) in [5, 5.41) is 19.0. The highest BCUT2D eigenvalue weighted by molar-refractivity contribution is 9.10. The molecule has 0 saturated carbocycles. The van der Waals surface area contributed by atoms with Crippen molar-refractivity contribution in [3.05, 3.63) is 135 Å². The fourth-order valence-corrected chi connectivity index (χ4v) is 5.17. The number of nitro groups is 1. The summed E-state index contributed by atoms with van der Waals surface area (Å²) in [7, 11) is 0. The van der Waals surface area contributed by atoms with Gasteiger partial charge in [0.25, 0.3) is 17.5 Å². The first-order chi connectivity index (χ1) is 20.7. The lowest BCUT2D eigenvalue weighted by atomic mass is 10.1. The number of non-ortho nitro benzene ring substituents is 1.